The van der Waals surface area contributed by atoms with Crippen molar-refractivity contribution in [2.24, 2.45) is 5.73 Å². The highest BCUT2D eigenvalue weighted by atomic mass is 32.2. The molecule has 0 unspecified atom stereocenters. The van der Waals surface area contributed by atoms with Crippen LogP contribution < -0.4 is 11.1 Å². The molecule has 0 spiro atoms. The number of amides is 1. The van der Waals surface area contributed by atoms with E-state index in [9.17, 15) is 9.59 Å². The summed E-state index contributed by atoms with van der Waals surface area (Å²) in [5, 5.41) is 12.2. The summed E-state index contributed by atoms with van der Waals surface area (Å²) in [4.78, 5) is 23.7. The van der Waals surface area contributed by atoms with Crippen LogP contribution in [-0.4, -0.2) is 44.6 Å². The van der Waals surface area contributed by atoms with Gasteiger partial charge in [0.15, 0.2) is 0 Å². The maximum Gasteiger partial charge on any atom is 0.352 e. The number of nitrogens with one attached hydrogen (secondary N) is 1. The van der Waals surface area contributed by atoms with Gasteiger partial charge in [-0.1, -0.05) is 43.0 Å². The Kier molecular flexibility index (Phi) is 6.86. The molecule has 1 fully saturated rings. The van der Waals surface area contributed by atoms with Gasteiger partial charge in [-0.3, -0.25) is 9.69 Å². The largest absolute Gasteiger partial charge is 0.477 e. The lowest BCUT2D eigenvalue weighted by molar-refractivity contribution is -0.147. The molecule has 1 aromatic rings. The fraction of sp³-hybridized carbons (Fsp3) is 0.400. The number of carboxylic acids is 1. The third kappa shape index (κ3) is 5.22. The van der Waals surface area contributed by atoms with E-state index < -0.39 is 12.0 Å². The number of aliphatic carboxylic acids is 1. The topological polar surface area (TPSA) is 95.7 Å². The Balaban J connectivity index is 0.000000199. The van der Waals surface area contributed by atoms with Gasteiger partial charge in [-0.05, 0) is 31.9 Å². The minimum absolute atomic E-state index is 0.0282. The van der Waals surface area contributed by atoms with Crippen LogP contribution in [0.5, 0.6) is 0 Å². The van der Waals surface area contributed by atoms with Gasteiger partial charge in [0.25, 0.3) is 0 Å². The number of rotatable bonds is 4. The van der Waals surface area contributed by atoms with Crippen molar-refractivity contribution in [3.8, 4) is 0 Å². The number of allylic oxidation sites excluding steroid dienone is 1. The van der Waals surface area contributed by atoms with E-state index in [-0.39, 0.29) is 22.5 Å². The van der Waals surface area contributed by atoms with Crippen LogP contribution >= 0.6 is 11.8 Å². The predicted molar refractivity (Wildman–Crippen MR) is 109 cm³/mol. The maximum atomic E-state index is 11.4. The molecule has 0 aliphatic carbocycles. The second-order valence-electron chi connectivity index (χ2n) is 7.41. The van der Waals surface area contributed by atoms with Crippen molar-refractivity contribution in [1.82, 2.24) is 10.2 Å². The van der Waals surface area contributed by atoms with Crippen LogP contribution in [0.15, 0.2) is 54.3 Å². The fourth-order valence-electron chi connectivity index (χ4n) is 2.66. The van der Waals surface area contributed by atoms with Gasteiger partial charge in [0, 0.05) is 17.8 Å². The van der Waals surface area contributed by atoms with E-state index in [1.807, 2.05) is 6.07 Å². The monoisotopic (exact) mass is 389 g/mol. The van der Waals surface area contributed by atoms with Gasteiger partial charge in [0.05, 0.1) is 0 Å². The highest BCUT2D eigenvalue weighted by Crippen LogP contribution is 2.39. The van der Waals surface area contributed by atoms with E-state index >= 15 is 0 Å². The lowest BCUT2D eigenvalue weighted by Gasteiger charge is -2.47. The van der Waals surface area contributed by atoms with Crippen molar-refractivity contribution >= 4 is 23.6 Å². The van der Waals surface area contributed by atoms with E-state index in [0.29, 0.717) is 11.3 Å². The summed E-state index contributed by atoms with van der Waals surface area (Å²) in [6, 6.07) is 9.88. The summed E-state index contributed by atoms with van der Waals surface area (Å²) < 4.78 is 0. The van der Waals surface area contributed by atoms with E-state index in [1.165, 1.54) is 28.3 Å². The summed E-state index contributed by atoms with van der Waals surface area (Å²) in [7, 11) is 0. The first-order chi connectivity index (χ1) is 12.7. The Labute approximate surface area is 164 Å². The molecule has 4 N–H and O–H groups in total. The number of hydrogen-bond acceptors (Lipinski definition) is 5. The first-order valence-electron chi connectivity index (χ1n) is 8.74. The van der Waals surface area contributed by atoms with Crippen LogP contribution in [0.1, 0.15) is 26.3 Å². The molecule has 0 radical (unpaired) electrons. The number of nitrogens with two attached hydrogens (primary N) is 1. The summed E-state index contributed by atoms with van der Waals surface area (Å²) in [6.07, 6.45) is 1.48. The molecule has 6 nitrogen and oxygen atoms in total. The number of nitrogens with zero attached hydrogens (tertiary/aromatic N) is 1. The van der Waals surface area contributed by atoms with Gasteiger partial charge in [-0.15, -0.1) is 11.8 Å². The number of hydrogen-bond donors (Lipinski definition) is 3. The second-order valence-corrected chi connectivity index (χ2v) is 8.51. The lowest BCUT2D eigenvalue weighted by Crippen LogP contribution is -2.68. The van der Waals surface area contributed by atoms with Gasteiger partial charge < -0.3 is 16.2 Å². The third-order valence-electron chi connectivity index (χ3n) is 4.15. The molecular weight excluding hydrogens is 362 g/mol. The average molecular weight is 390 g/mol. The number of carbonyl (C=O) groups is 2. The Morgan fingerprint density at radius 2 is 2.04 bits per heavy atom. The molecule has 146 valence electrons. The van der Waals surface area contributed by atoms with E-state index in [4.69, 9.17) is 10.8 Å². The van der Waals surface area contributed by atoms with Crippen LogP contribution in [0, 0.1) is 0 Å². The van der Waals surface area contributed by atoms with Crippen molar-refractivity contribution < 1.29 is 14.7 Å². The first kappa shape index (κ1) is 21.2. The van der Waals surface area contributed by atoms with Crippen molar-refractivity contribution in [1.29, 1.82) is 0 Å². The minimum Gasteiger partial charge on any atom is -0.477 e. The molecule has 3 rings (SSSR count). The summed E-state index contributed by atoms with van der Waals surface area (Å²) >= 11 is 1.47. The molecule has 1 amide bonds. The molecular formula is C20H27N3O3S. The molecule has 27 heavy (non-hydrogen) atoms. The van der Waals surface area contributed by atoms with E-state index in [2.05, 4.69) is 56.9 Å². The van der Waals surface area contributed by atoms with Gasteiger partial charge in [0.2, 0.25) is 5.91 Å². The Morgan fingerprint density at radius 3 is 2.56 bits per heavy atom. The molecule has 2 atom stereocenters. The summed E-state index contributed by atoms with van der Waals surface area (Å²) in [6.45, 7) is 11.0. The zero-order valence-electron chi connectivity index (χ0n) is 15.9. The molecule has 0 saturated carbocycles. The maximum absolute atomic E-state index is 11.4. The summed E-state index contributed by atoms with van der Waals surface area (Å²) in [5.41, 5.74) is 7.72. The molecule has 1 saturated heterocycles. The molecule has 2 aliphatic rings. The number of carboxylic acid groups (broad SMARTS) is 1. The predicted octanol–water partition coefficient (Wildman–Crippen LogP) is 2.33. The molecule has 0 aromatic heterocycles. The van der Waals surface area contributed by atoms with Crippen LogP contribution in [0.4, 0.5) is 0 Å². The van der Waals surface area contributed by atoms with E-state index in [0.717, 1.165) is 6.54 Å². The van der Waals surface area contributed by atoms with Gasteiger partial charge >= 0.3 is 5.97 Å². The number of carbonyl (C=O) groups excluding carboxylic acids is 1. The first-order valence-corrected chi connectivity index (χ1v) is 9.78. The third-order valence-corrected chi connectivity index (χ3v) is 5.48. The Bertz CT molecular complexity index is 741. The fourth-order valence-corrected chi connectivity index (χ4v) is 3.95. The molecule has 2 heterocycles. The van der Waals surface area contributed by atoms with Crippen molar-refractivity contribution in [2.45, 2.75) is 44.3 Å². The van der Waals surface area contributed by atoms with Crippen LogP contribution in [0.25, 0.3) is 0 Å². The van der Waals surface area contributed by atoms with Crippen LogP contribution in [-0.2, 0) is 16.1 Å². The van der Waals surface area contributed by atoms with Gasteiger partial charge in [-0.2, -0.15) is 0 Å². The lowest BCUT2D eigenvalue weighted by atomic mass is 10.0. The molecule has 2 aliphatic heterocycles. The average Bonchev–Trinajstić information content (AvgIpc) is 2.65. The SMILES string of the molecule is C=CC1=C(C(=O)O)N2C(=O)[C@@H](N)[C@H]2SC1.CC(C)(C)NCc1ccccc1. The van der Waals surface area contributed by atoms with Crippen LogP contribution in [0.2, 0.25) is 0 Å². The quantitative estimate of drug-likeness (QED) is 0.684. The molecule has 1 aromatic carbocycles. The standard InChI is InChI=1S/C11H17N.C9H10N2O3S/c1-11(2,3)12-9-10-7-5-4-6-8-10;1-2-4-3-15-8-5(10)7(12)11(8)6(4)9(13)14/h4-8,12H,9H2,1-3H3;2,5,8H,1,3,10H2,(H,13,14)/t;5-,8-/m.1/s1. The van der Waals surface area contributed by atoms with Crippen molar-refractivity contribution in [3.63, 3.8) is 0 Å². The number of benzene rings is 1. The van der Waals surface area contributed by atoms with Crippen molar-refractivity contribution in [3.05, 3.63) is 59.8 Å². The Morgan fingerprint density at radius 1 is 1.41 bits per heavy atom. The summed E-state index contributed by atoms with van der Waals surface area (Å²) in [5.74, 6) is -0.896. The minimum atomic E-state index is -1.10. The number of thioether (sulfide) groups is 1. The normalized spacial score (nSPS) is 21.6. The highest BCUT2D eigenvalue weighted by Gasteiger charge is 2.51. The zero-order chi connectivity index (χ0) is 20.2. The van der Waals surface area contributed by atoms with Crippen molar-refractivity contribution in [2.75, 3.05) is 5.75 Å². The van der Waals surface area contributed by atoms with Gasteiger partial charge in [-0.25, -0.2) is 4.79 Å². The van der Waals surface area contributed by atoms with Crippen LogP contribution in [0.3, 0.4) is 0 Å². The van der Waals surface area contributed by atoms with E-state index in [1.54, 1.807) is 0 Å². The number of β-lactam (4-membered cyclic amide) rings is 1. The highest BCUT2D eigenvalue weighted by molar-refractivity contribution is 8.00. The Hall–Kier alpha value is -2.09. The van der Waals surface area contributed by atoms with Gasteiger partial charge in [0.1, 0.15) is 17.1 Å². The molecule has 7 heteroatoms. The second kappa shape index (κ2) is 8.73. The number of fused-ring (bicyclic) bond motifs is 1. The smallest absolute Gasteiger partial charge is 0.352 e. The zero-order valence-corrected chi connectivity index (χ0v) is 16.8. The molecule has 0 bridgehead atoms.